The number of hydrogen-bond donors (Lipinski definition) is 12. The number of rotatable bonds is 16. The minimum absolute atomic E-state index is 0.0443. The van der Waals surface area contributed by atoms with Gasteiger partial charge in [-0.2, -0.15) is 0 Å². The summed E-state index contributed by atoms with van der Waals surface area (Å²) in [5, 5.41) is 37.9. The van der Waals surface area contributed by atoms with Crippen LogP contribution in [0.3, 0.4) is 0 Å². The summed E-state index contributed by atoms with van der Waals surface area (Å²) in [4.78, 5) is 134. The van der Waals surface area contributed by atoms with Crippen LogP contribution in [0.25, 0.3) is 0 Å². The lowest BCUT2D eigenvalue weighted by atomic mass is 9.96. The van der Waals surface area contributed by atoms with Gasteiger partial charge in [0.15, 0.2) is 0 Å². The molecule has 0 spiro atoms. The molecule has 0 bridgehead atoms. The highest BCUT2D eigenvalue weighted by Gasteiger charge is 2.38. The second-order valence-corrected chi connectivity index (χ2v) is 19.1. The maximum Gasteiger partial charge on any atom is 0.246 e. The van der Waals surface area contributed by atoms with Crippen molar-refractivity contribution in [3.05, 3.63) is 29.8 Å². The van der Waals surface area contributed by atoms with Crippen molar-refractivity contribution in [2.24, 2.45) is 29.0 Å². The molecule has 0 aliphatic carbocycles. The average Bonchev–Trinajstić information content (AvgIpc) is 3.25. The Morgan fingerprint density at radius 3 is 1.89 bits per heavy atom. The van der Waals surface area contributed by atoms with Crippen molar-refractivity contribution in [3.8, 4) is 5.75 Å². The molecule has 23 nitrogen and oxygen atoms in total. The first-order valence-electron chi connectivity index (χ1n) is 21.3. The number of carbonyl (C=O) groups is 10. The van der Waals surface area contributed by atoms with Gasteiger partial charge in [0, 0.05) is 25.0 Å². The van der Waals surface area contributed by atoms with Crippen molar-refractivity contribution < 1.29 is 58.2 Å². The van der Waals surface area contributed by atoms with Crippen LogP contribution in [0, 0.1) is 11.8 Å². The molecule has 1 aromatic carbocycles. The third-order valence-corrected chi connectivity index (χ3v) is 13.0. The number of aliphatic hydroxyl groups is 1. The Bertz CT molecular complexity index is 1910. The van der Waals surface area contributed by atoms with Crippen LogP contribution >= 0.6 is 21.6 Å². The highest BCUT2D eigenvalue weighted by molar-refractivity contribution is 8.76. The van der Waals surface area contributed by atoms with E-state index in [1.54, 1.807) is 27.7 Å². The van der Waals surface area contributed by atoms with E-state index in [9.17, 15) is 58.2 Å². The first-order chi connectivity index (χ1) is 30.9. The van der Waals surface area contributed by atoms with Crippen molar-refractivity contribution in [2.45, 2.75) is 122 Å². The third-order valence-electron chi connectivity index (χ3n) is 10.5. The summed E-state index contributed by atoms with van der Waals surface area (Å²) in [6.45, 7) is 9.03. The Morgan fingerprint density at radius 1 is 0.773 bits per heavy atom. The van der Waals surface area contributed by atoms with Gasteiger partial charge in [-0.05, 0) is 49.8 Å². The monoisotopic (exact) mass is 967 g/mol. The van der Waals surface area contributed by atoms with Crippen molar-refractivity contribution in [1.29, 1.82) is 0 Å². The number of amides is 10. The number of phenols is 1. The first-order valence-corrected chi connectivity index (χ1v) is 23.7. The molecule has 2 rings (SSSR count). The molecule has 10 atom stereocenters. The summed E-state index contributed by atoms with van der Waals surface area (Å²) in [5.41, 5.74) is 17.4. The Labute approximate surface area is 391 Å². The molecule has 368 valence electrons. The summed E-state index contributed by atoms with van der Waals surface area (Å²) in [7, 11) is 3.26. The average molecular weight is 968 g/mol. The third kappa shape index (κ3) is 18.3. The van der Waals surface area contributed by atoms with Crippen molar-refractivity contribution in [1.82, 2.24) is 42.1 Å². The summed E-state index contributed by atoms with van der Waals surface area (Å²) in [6, 6.07) is -5.46. The highest BCUT2D eigenvalue weighted by atomic mass is 33.1. The first kappa shape index (κ1) is 56.5. The molecule has 1 saturated heterocycles. The van der Waals surface area contributed by atoms with Crippen LogP contribution in [-0.2, 0) is 54.4 Å². The molecule has 1 aliphatic rings. The van der Waals surface area contributed by atoms with Crippen molar-refractivity contribution in [3.63, 3.8) is 0 Å². The molecule has 66 heavy (non-hydrogen) atoms. The zero-order valence-electron chi connectivity index (χ0n) is 38.1. The number of phenolic OH excluding ortho intramolecular Hbond substituents is 1. The van der Waals surface area contributed by atoms with Crippen LogP contribution in [0.15, 0.2) is 24.3 Å². The molecule has 1 aliphatic heterocycles. The van der Waals surface area contributed by atoms with Gasteiger partial charge in [0.25, 0.3) is 0 Å². The SMILES string of the molecule is CC[C@H](C)[C@@H]1NC(=O)[C@H](Cc2ccc(O)cc2)NC(=O)[C@@H](N)CSSC[C@@H](C(=O)N(C)[C@@H](C)C(=O)N[C@@H](CC(C)C)C(=O)NCC(N)=O)NC(=O)[C@H](CC(N)=O)NC(=O)[C@H]([C@@H](C)O)NC1=O. The Morgan fingerprint density at radius 2 is 1.33 bits per heavy atom. The van der Waals surface area contributed by atoms with Gasteiger partial charge >= 0.3 is 0 Å². The molecule has 0 aromatic heterocycles. The molecular weight excluding hydrogens is 903 g/mol. The van der Waals surface area contributed by atoms with Crippen LogP contribution in [0.2, 0.25) is 0 Å². The standard InChI is InChI=1S/C41H65N11O12S2/c1-8-20(4)32-39(62)51-33(22(6)53)40(63)48-28(15-30(43)55)37(60)49-29(41(64)52(7)21(5)34(57)46-26(13-19(2)3)36(59)45-16-31(44)56)18-66-65-17-25(42)35(58)47-27(38(61)50-32)14-23-9-11-24(54)12-10-23/h9-12,19-22,25-29,32-33,53-54H,8,13-18,42H2,1-7H3,(H2,43,55)(H2,44,56)(H,45,59)(H,46,57)(H,47,58)(H,48,63)(H,49,60)(H,50,61)(H,51,62)/t20-,21-,22+,25-,26-,27-,28-,29-,32-,33-/m0/s1. The summed E-state index contributed by atoms with van der Waals surface area (Å²) >= 11 is 0. The lowest BCUT2D eigenvalue weighted by Gasteiger charge is -2.31. The summed E-state index contributed by atoms with van der Waals surface area (Å²) in [6.07, 6.45) is -2.02. The van der Waals surface area contributed by atoms with Gasteiger partial charge in [0.05, 0.1) is 25.1 Å². The van der Waals surface area contributed by atoms with E-state index in [1.165, 1.54) is 45.2 Å². The second-order valence-electron chi connectivity index (χ2n) is 16.5. The normalized spacial score (nSPS) is 23.5. The molecule has 10 amide bonds. The lowest BCUT2D eigenvalue weighted by Crippen LogP contribution is -2.63. The number of nitrogens with two attached hydrogens (primary N) is 3. The summed E-state index contributed by atoms with van der Waals surface area (Å²) < 4.78 is 0. The van der Waals surface area contributed by atoms with Gasteiger partial charge in [-0.1, -0.05) is 67.8 Å². The van der Waals surface area contributed by atoms with Gasteiger partial charge < -0.3 is 69.5 Å². The zero-order valence-corrected chi connectivity index (χ0v) is 39.7. The topological polar surface area (TPSA) is 377 Å². The maximum absolute atomic E-state index is 14.2. The number of aromatic hydroxyl groups is 1. The number of hydrogen-bond acceptors (Lipinski definition) is 15. The predicted octanol–water partition coefficient (Wildman–Crippen LogP) is -3.64. The van der Waals surface area contributed by atoms with Crippen LogP contribution in [0.4, 0.5) is 0 Å². The largest absolute Gasteiger partial charge is 0.508 e. The lowest BCUT2D eigenvalue weighted by molar-refractivity contribution is -0.142. The fraction of sp³-hybridized carbons (Fsp3) is 0.610. The van der Waals surface area contributed by atoms with E-state index in [0.717, 1.165) is 26.5 Å². The van der Waals surface area contributed by atoms with Crippen molar-refractivity contribution in [2.75, 3.05) is 25.1 Å². The Balaban J connectivity index is 2.58. The molecule has 0 unspecified atom stereocenters. The maximum atomic E-state index is 14.2. The quantitative estimate of drug-likeness (QED) is 0.0712. The number of nitrogens with one attached hydrogen (secondary N) is 7. The van der Waals surface area contributed by atoms with E-state index in [4.69, 9.17) is 17.2 Å². The van der Waals surface area contributed by atoms with Crippen molar-refractivity contribution >= 4 is 80.7 Å². The number of carbonyl (C=O) groups excluding carboxylic acids is 10. The number of primary amides is 2. The van der Waals surface area contributed by atoms with Crippen LogP contribution in [0.5, 0.6) is 5.75 Å². The smallest absolute Gasteiger partial charge is 0.246 e. The molecule has 15 N–H and O–H groups in total. The zero-order chi connectivity index (χ0) is 50.0. The number of nitrogens with zero attached hydrogens (tertiary/aromatic N) is 1. The number of aliphatic hydroxyl groups excluding tert-OH is 1. The van der Waals surface area contributed by atoms with Gasteiger partial charge in [0.1, 0.15) is 48.0 Å². The fourth-order valence-corrected chi connectivity index (χ4v) is 8.58. The van der Waals surface area contributed by atoms with Crippen LogP contribution in [0.1, 0.15) is 66.4 Å². The van der Waals surface area contributed by atoms with E-state index in [2.05, 4.69) is 37.2 Å². The minimum atomic E-state index is -1.77. The number of benzene rings is 1. The minimum Gasteiger partial charge on any atom is -0.508 e. The van der Waals surface area contributed by atoms with E-state index in [1.807, 2.05) is 0 Å². The molecular formula is C41H65N11O12S2. The molecule has 25 heteroatoms. The van der Waals surface area contributed by atoms with Gasteiger partial charge in [-0.15, -0.1) is 0 Å². The van der Waals surface area contributed by atoms with E-state index in [-0.39, 0.29) is 36.0 Å². The van der Waals surface area contributed by atoms with Gasteiger partial charge in [-0.3, -0.25) is 47.9 Å². The molecule has 0 radical (unpaired) electrons. The van der Waals surface area contributed by atoms with E-state index >= 15 is 0 Å². The second kappa shape index (κ2) is 27.1. The molecule has 1 fully saturated rings. The molecule has 1 aromatic rings. The fourth-order valence-electron chi connectivity index (χ4n) is 6.30. The van der Waals surface area contributed by atoms with E-state index < -0.39 is 132 Å². The van der Waals surface area contributed by atoms with Gasteiger partial charge in [0.2, 0.25) is 59.1 Å². The summed E-state index contributed by atoms with van der Waals surface area (Å²) in [5.74, 6) is -9.94. The van der Waals surface area contributed by atoms with Gasteiger partial charge in [-0.25, -0.2) is 0 Å². The van der Waals surface area contributed by atoms with E-state index in [0.29, 0.717) is 12.0 Å². The Kier molecular flexibility index (Phi) is 23.2. The molecule has 0 saturated carbocycles. The molecule has 1 heterocycles. The highest BCUT2D eigenvalue weighted by Crippen LogP contribution is 2.24. The number of likely N-dealkylation sites (N-methyl/N-ethyl adjacent to an activating group) is 1. The Hall–Kier alpha value is -5.66. The predicted molar refractivity (Wildman–Crippen MR) is 245 cm³/mol. The van der Waals surface area contributed by atoms with Crippen LogP contribution < -0.4 is 54.4 Å². The van der Waals surface area contributed by atoms with Crippen LogP contribution in [-0.4, -0.2) is 154 Å².